The summed E-state index contributed by atoms with van der Waals surface area (Å²) in [5, 5.41) is 14.4. The lowest BCUT2D eigenvalue weighted by Crippen LogP contribution is -2.57. The van der Waals surface area contributed by atoms with Gasteiger partial charge in [-0.15, -0.1) is 0 Å². The number of likely N-dealkylation sites (N-methyl/N-ethyl adjacent to an activating group) is 2. The van der Waals surface area contributed by atoms with Crippen LogP contribution in [0.25, 0.3) is 22.3 Å². The molecule has 1 aliphatic rings. The zero-order valence-electron chi connectivity index (χ0n) is 41.4. The van der Waals surface area contributed by atoms with E-state index in [9.17, 15) is 33.6 Å². The molecular weight excluding hydrogens is 918 g/mol. The van der Waals surface area contributed by atoms with E-state index in [0.717, 1.165) is 11.1 Å². The normalized spacial score (nSPS) is 16.7. The summed E-state index contributed by atoms with van der Waals surface area (Å²) >= 11 is 6.09. The molecule has 5 N–H and O–H groups in total. The number of ether oxygens (including phenoxy) is 3. The van der Waals surface area contributed by atoms with Gasteiger partial charge in [0, 0.05) is 55.8 Å². The summed E-state index contributed by atoms with van der Waals surface area (Å²) < 4.78 is 17.0. The molecule has 0 saturated carbocycles. The third-order valence-corrected chi connectivity index (χ3v) is 11.8. The maximum absolute atomic E-state index is 15.0. The third kappa shape index (κ3) is 14.2. The molecule has 4 bridgehead atoms. The minimum Gasteiger partial charge on any atom is -0.496 e. The molecule has 0 unspecified atom stereocenters. The number of carbonyl (C=O) groups is 7. The number of hydrogen-bond donors (Lipinski definition) is 5. The summed E-state index contributed by atoms with van der Waals surface area (Å²) in [7, 11) is 7.54. The highest BCUT2D eigenvalue weighted by Crippen LogP contribution is 2.40. The molecule has 1 heterocycles. The van der Waals surface area contributed by atoms with Crippen molar-refractivity contribution in [2.45, 2.75) is 96.1 Å². The molecule has 70 heavy (non-hydrogen) atoms. The minimum absolute atomic E-state index is 0.00332. The van der Waals surface area contributed by atoms with Crippen molar-refractivity contribution < 1.29 is 47.8 Å². The van der Waals surface area contributed by atoms with Gasteiger partial charge in [0.2, 0.25) is 29.5 Å². The van der Waals surface area contributed by atoms with Crippen LogP contribution < -0.4 is 36.1 Å². The second-order valence-electron chi connectivity index (χ2n) is 18.3. The Labute approximate surface area is 414 Å². The molecule has 5 rings (SSSR count). The Morgan fingerprint density at radius 2 is 1.37 bits per heavy atom. The highest BCUT2D eigenvalue weighted by molar-refractivity contribution is 6.30. The van der Waals surface area contributed by atoms with E-state index < -0.39 is 71.4 Å². The van der Waals surface area contributed by atoms with Crippen LogP contribution in [0.5, 0.6) is 11.5 Å². The second-order valence-corrected chi connectivity index (χ2v) is 18.8. The first-order valence-corrected chi connectivity index (χ1v) is 23.4. The number of nitrogens with zero attached hydrogens (tertiary/aromatic N) is 2. The van der Waals surface area contributed by atoms with Gasteiger partial charge in [-0.2, -0.15) is 0 Å². The summed E-state index contributed by atoms with van der Waals surface area (Å²) in [6, 6.07) is 18.4. The smallest absolute Gasteiger partial charge is 0.407 e. The number of fused-ring (bicyclic) bond motifs is 5. The van der Waals surface area contributed by atoms with Crippen LogP contribution in [-0.2, 0) is 35.1 Å². The van der Waals surface area contributed by atoms with Gasteiger partial charge in [0.05, 0.1) is 14.2 Å². The summed E-state index contributed by atoms with van der Waals surface area (Å²) in [6.07, 6.45) is 0.300. The molecule has 18 heteroatoms. The fourth-order valence-corrected chi connectivity index (χ4v) is 8.04. The van der Waals surface area contributed by atoms with E-state index in [1.807, 2.05) is 12.1 Å². The van der Waals surface area contributed by atoms with Crippen molar-refractivity contribution in [2.75, 3.05) is 41.9 Å². The molecule has 1 aliphatic heterocycles. The minimum atomic E-state index is -1.39. The Morgan fingerprint density at radius 1 is 0.771 bits per heavy atom. The SMILES string of the molecule is COc1ccc2cc1-c1cc(ccc1OC)[C@H](N(C)C(=O)[C@H](CCCCNC(=O)OC(C)(C)C)NC(=O)c1ccc(-c3ccc(Cl)cc3)cc1)C(=O)N[C@@H](C)C(=O)N[C@H](C(=O)N[C@@H](C)C(=O)N(C)C)C2. The van der Waals surface area contributed by atoms with Gasteiger partial charge in [-0.1, -0.05) is 48.0 Å². The third-order valence-electron chi connectivity index (χ3n) is 11.6. The first-order valence-electron chi connectivity index (χ1n) is 23.0. The maximum atomic E-state index is 15.0. The number of unbranched alkanes of at least 4 members (excludes halogenated alkanes) is 1. The highest BCUT2D eigenvalue weighted by Gasteiger charge is 2.36. The molecule has 0 saturated heterocycles. The molecule has 5 atom stereocenters. The zero-order valence-corrected chi connectivity index (χ0v) is 42.1. The number of benzene rings is 4. The van der Waals surface area contributed by atoms with Crippen LogP contribution in [-0.4, -0.2) is 123 Å². The van der Waals surface area contributed by atoms with Gasteiger partial charge in [-0.25, -0.2) is 4.79 Å². The largest absolute Gasteiger partial charge is 0.496 e. The topological polar surface area (TPSA) is 214 Å². The maximum Gasteiger partial charge on any atom is 0.407 e. The van der Waals surface area contributed by atoms with Gasteiger partial charge >= 0.3 is 6.09 Å². The second kappa shape index (κ2) is 23.9. The van der Waals surface area contributed by atoms with Crippen molar-refractivity contribution in [1.29, 1.82) is 0 Å². The molecule has 4 aromatic carbocycles. The standard InChI is InChI=1S/C52H64ClN7O10/c1-30-45(61)58-41(47(63)56-31(2)49(65)59(6)7)28-32-14-24-42(68-9)38(27-32)39-29-36(21-25-43(39)69-10)44(48(64)55-30)60(8)50(66)40(13-11-12-26-54-51(67)70-52(3,4)5)57-46(62)35-17-15-33(16-18-35)34-19-22-37(53)23-20-34/h14-25,27,29-31,40-41,44H,11-13,26,28H2,1-10H3,(H,54,67)(H,55,64)(H,56,63)(H,57,62)(H,58,61)/t30-,31-,40-,41-,44-/m0/s1. The lowest BCUT2D eigenvalue weighted by atomic mass is 9.93. The summed E-state index contributed by atoms with van der Waals surface area (Å²) in [5.41, 5.74) is 3.27. The Bertz CT molecular complexity index is 2550. The highest BCUT2D eigenvalue weighted by atomic mass is 35.5. The summed E-state index contributed by atoms with van der Waals surface area (Å²) in [6.45, 7) is 8.48. The number of amides is 7. The van der Waals surface area contributed by atoms with Gasteiger partial charge in [0.15, 0.2) is 0 Å². The van der Waals surface area contributed by atoms with Crippen molar-refractivity contribution in [1.82, 2.24) is 36.4 Å². The first-order chi connectivity index (χ1) is 33.1. The Kier molecular flexibility index (Phi) is 18.4. The molecule has 7 amide bonds. The fraction of sp³-hybridized carbons (Fsp3) is 0.404. The van der Waals surface area contributed by atoms with Crippen LogP contribution in [0.3, 0.4) is 0 Å². The number of carbonyl (C=O) groups excluding carboxylic acids is 7. The predicted octanol–water partition coefficient (Wildman–Crippen LogP) is 5.82. The van der Waals surface area contributed by atoms with Gasteiger partial charge < -0.3 is 50.6 Å². The molecule has 0 spiro atoms. The predicted molar refractivity (Wildman–Crippen MR) is 266 cm³/mol. The van der Waals surface area contributed by atoms with Gasteiger partial charge in [0.1, 0.15) is 47.3 Å². The van der Waals surface area contributed by atoms with E-state index in [-0.39, 0.29) is 30.9 Å². The van der Waals surface area contributed by atoms with Crippen molar-refractivity contribution >= 4 is 53.1 Å². The molecule has 0 radical (unpaired) electrons. The van der Waals surface area contributed by atoms with Crippen molar-refractivity contribution in [3.05, 3.63) is 107 Å². The van der Waals surface area contributed by atoms with Crippen LogP contribution in [0.4, 0.5) is 4.79 Å². The average molecular weight is 983 g/mol. The van der Waals surface area contributed by atoms with Crippen LogP contribution >= 0.6 is 11.6 Å². The van der Waals surface area contributed by atoms with Crippen LogP contribution in [0.15, 0.2) is 84.9 Å². The quantitative estimate of drug-likeness (QED) is 0.0901. The van der Waals surface area contributed by atoms with Gasteiger partial charge in [-0.3, -0.25) is 28.8 Å². The first kappa shape index (κ1) is 53.8. The lowest BCUT2D eigenvalue weighted by molar-refractivity contribution is -0.141. The van der Waals surface area contributed by atoms with Gasteiger partial charge in [0.25, 0.3) is 5.91 Å². The molecule has 374 valence electrons. The van der Waals surface area contributed by atoms with Crippen LogP contribution in [0, 0.1) is 0 Å². The summed E-state index contributed by atoms with van der Waals surface area (Å²) in [4.78, 5) is 99.1. The number of hydrogen-bond acceptors (Lipinski definition) is 10. The number of methoxy groups -OCH3 is 2. The number of alkyl carbamates (subject to hydrolysis) is 1. The molecule has 0 fully saturated rings. The Morgan fingerprint density at radius 3 is 1.97 bits per heavy atom. The fourth-order valence-electron chi connectivity index (χ4n) is 7.92. The molecule has 0 aromatic heterocycles. The van der Waals surface area contributed by atoms with E-state index in [1.54, 1.807) is 108 Å². The summed E-state index contributed by atoms with van der Waals surface area (Å²) in [5.74, 6) is -2.79. The van der Waals surface area contributed by atoms with Crippen LogP contribution in [0.2, 0.25) is 5.02 Å². The van der Waals surface area contributed by atoms with E-state index in [4.69, 9.17) is 25.8 Å². The molecule has 0 aliphatic carbocycles. The number of rotatable bonds is 15. The van der Waals surface area contributed by atoms with Crippen molar-refractivity contribution in [2.24, 2.45) is 0 Å². The number of halogens is 1. The van der Waals surface area contributed by atoms with E-state index in [1.165, 1.54) is 44.9 Å². The van der Waals surface area contributed by atoms with E-state index in [2.05, 4.69) is 26.6 Å². The van der Waals surface area contributed by atoms with E-state index in [0.29, 0.717) is 51.6 Å². The zero-order chi connectivity index (χ0) is 51.4. The Balaban J connectivity index is 1.52. The van der Waals surface area contributed by atoms with E-state index >= 15 is 0 Å². The Hall–Kier alpha value is -7.14. The molecule has 17 nitrogen and oxygen atoms in total. The average Bonchev–Trinajstić information content (AvgIpc) is 3.31. The van der Waals surface area contributed by atoms with Crippen molar-refractivity contribution in [3.8, 4) is 33.8 Å². The van der Waals surface area contributed by atoms with Crippen LogP contribution in [0.1, 0.15) is 81.4 Å². The number of nitrogens with one attached hydrogen (secondary N) is 5. The van der Waals surface area contributed by atoms with Crippen molar-refractivity contribution in [3.63, 3.8) is 0 Å². The molecule has 4 aromatic rings. The lowest BCUT2D eigenvalue weighted by Gasteiger charge is -2.33. The monoisotopic (exact) mass is 981 g/mol. The molecular formula is C52H64ClN7O10. The van der Waals surface area contributed by atoms with Gasteiger partial charge in [-0.05, 0) is 125 Å².